The van der Waals surface area contributed by atoms with E-state index in [4.69, 9.17) is 4.74 Å². The maximum atomic E-state index is 11.4. The lowest BCUT2D eigenvalue weighted by atomic mass is 9.94. The molecule has 10 unspecified atom stereocenters. The van der Waals surface area contributed by atoms with Gasteiger partial charge in [-0.2, -0.15) is 0 Å². The van der Waals surface area contributed by atoms with Crippen molar-refractivity contribution >= 4 is 132 Å². The number of anilines is 10. The highest BCUT2D eigenvalue weighted by atomic mass is 79.9. The fourth-order valence-corrected chi connectivity index (χ4v) is 23.8. The van der Waals surface area contributed by atoms with E-state index in [0.717, 1.165) is 80.5 Å². The van der Waals surface area contributed by atoms with E-state index in [9.17, 15) is 24.0 Å². The van der Waals surface area contributed by atoms with Crippen LogP contribution in [-0.2, 0) is 6.42 Å². The molecule has 5 fully saturated rings. The van der Waals surface area contributed by atoms with Crippen LogP contribution in [0.1, 0.15) is 239 Å². The number of hydrogen-bond acceptors (Lipinski definition) is 11. The minimum atomic E-state index is 0.480. The van der Waals surface area contributed by atoms with E-state index in [-0.39, 0.29) is 0 Å². The average molecular weight is 1790 g/mol. The van der Waals surface area contributed by atoms with Gasteiger partial charge in [-0.25, -0.2) is 0 Å². The largest absolute Gasteiger partial charge is 0.495 e. The molecule has 630 valence electrons. The Bertz CT molecular complexity index is 6130. The molecule has 0 radical (unpaired) electrons. The Morgan fingerprint density at radius 2 is 0.651 bits per heavy atom. The van der Waals surface area contributed by atoms with Gasteiger partial charge in [0.25, 0.3) is 0 Å². The summed E-state index contributed by atoms with van der Waals surface area (Å²) in [5, 5.41) is 0. The standard InChI is InChI=1S/C32H27NO.C25H23NO.C19H19NO2.C19H19NO.C18H15Br2NO/c34-22-24-16-19-32-30(21-24)28-12-7-13-31(28)33(32)27-17-14-23(15-18-27)20-29(25-8-3-1-4-9-25)26-10-5-2-6-11-26;27-17-20-11-14-25-23(16-20)22-7-4-8-24(22)26(25)21-12-9-19(10-13-21)15-18-5-2-1-3-6-18;1-22-18-11-13(12-21)10-16-15-8-5-9-17(15)20(19(16)18)14-6-3-2-4-7-14;1-13-10-14(12-21)11-17-16-8-5-9-18(16)20(19(13)17)15-6-3-2-4-7-15;19-12-4-6-13(7-5-12)21-17-3-1-2-14(17)15-8-11(10-22)9-16(20)18(15)21/h1-6,8-11,14-22,28,31H,7,12-13H2;1-3,5-6,9-14,16-17,22,24H,4,7-8,15H2;2-4,6-7,10-12,15,17H,5,8-9H2,1H3;2-4,6-7,10-12,16,18H,5,8-9H2,1H3;4-10,14,17H,1-3H2. The van der Waals surface area contributed by atoms with Crippen molar-refractivity contribution in [2.24, 2.45) is 0 Å². The van der Waals surface area contributed by atoms with Crippen LogP contribution in [0.2, 0.25) is 0 Å². The Kier molecular flexibility index (Phi) is 24.5. The van der Waals surface area contributed by atoms with Gasteiger partial charge >= 0.3 is 0 Å². The molecule has 13 heteroatoms. The third-order valence-electron chi connectivity index (χ3n) is 28.2. The van der Waals surface area contributed by atoms with Gasteiger partial charge in [0.2, 0.25) is 0 Å². The van der Waals surface area contributed by atoms with Crippen LogP contribution in [0.25, 0.3) is 11.6 Å². The number of para-hydroxylation sites is 2. The number of carbonyl (C=O) groups is 5. The molecule has 0 amide bonds. The number of ether oxygens (including phenoxy) is 1. The molecule has 11 nitrogen and oxygen atoms in total. The van der Waals surface area contributed by atoms with Crippen molar-refractivity contribution in [1.82, 2.24) is 0 Å². The van der Waals surface area contributed by atoms with E-state index in [2.05, 4.69) is 330 Å². The number of nitrogens with zero attached hydrogens (tertiary/aromatic N) is 5. The highest BCUT2D eigenvalue weighted by Gasteiger charge is 2.48. The van der Waals surface area contributed by atoms with Crippen LogP contribution in [0.15, 0.2) is 306 Å². The normalized spacial score (nSPS) is 21.0. The highest BCUT2D eigenvalue weighted by Crippen LogP contribution is 2.60. The molecule has 13 aromatic rings. The van der Waals surface area contributed by atoms with E-state index in [1.165, 1.54) is 214 Å². The van der Waals surface area contributed by atoms with Crippen LogP contribution in [-0.4, -0.2) is 68.7 Å². The Hall–Kier alpha value is -12.3. The summed E-state index contributed by atoms with van der Waals surface area (Å²) in [6, 6.07) is 106. The zero-order valence-electron chi connectivity index (χ0n) is 71.3. The maximum Gasteiger partial charge on any atom is 0.150 e. The number of carbonyl (C=O) groups excluding carboxylic acids is 5. The first kappa shape index (κ1) is 83.3. The number of hydrogen-bond donors (Lipinski definition) is 0. The van der Waals surface area contributed by atoms with Gasteiger partial charge in [-0.05, 0) is 312 Å². The zero-order valence-corrected chi connectivity index (χ0v) is 74.5. The first-order valence-corrected chi connectivity index (χ1v) is 46.7. The number of fused-ring (bicyclic) bond motifs is 15. The van der Waals surface area contributed by atoms with Crippen molar-refractivity contribution in [1.29, 1.82) is 0 Å². The van der Waals surface area contributed by atoms with Gasteiger partial charge in [-0.1, -0.05) is 200 Å². The van der Waals surface area contributed by atoms with Crippen molar-refractivity contribution in [3.05, 3.63) is 395 Å². The SMILES string of the molecule is COc1cc(C=O)cc2c1N(c1ccccc1)C1CCCC21.Cc1cc(C=O)cc2c1N(c1ccccc1)C1CCCC21.O=Cc1cc(Br)c2c(c1)C1CCCC1N2c1ccc(Br)cc1.O=Cc1ccc2c(c1)C1CCCC1N2c1ccc(C=C(c2ccccc2)c2ccccc2)cc1.O=Cc1ccc2c(c1)C1CCCC1N2c1ccc(Cc2ccccc2)cc1. The Balaban J connectivity index is 0.000000104. The van der Waals surface area contributed by atoms with E-state index < -0.39 is 0 Å². The topological polar surface area (TPSA) is 111 Å². The minimum absolute atomic E-state index is 0.480. The number of halogens is 2. The summed E-state index contributed by atoms with van der Waals surface area (Å²) < 4.78 is 7.73. The molecule has 0 bridgehead atoms. The van der Waals surface area contributed by atoms with E-state index in [1.54, 1.807) is 7.11 Å². The summed E-state index contributed by atoms with van der Waals surface area (Å²) in [6.07, 6.45) is 26.4. The first-order chi connectivity index (χ1) is 62.0. The fourth-order valence-electron chi connectivity index (χ4n) is 22.9. The molecule has 5 saturated carbocycles. The summed E-state index contributed by atoms with van der Waals surface area (Å²) >= 11 is 7.20. The molecule has 0 spiro atoms. The zero-order chi connectivity index (χ0) is 85.9. The fraction of sp³-hybridized carbons (Fsp3) is 0.248. The van der Waals surface area contributed by atoms with Gasteiger partial charge in [-0.15, -0.1) is 0 Å². The number of aryl methyl sites for hydroxylation is 1. The second-order valence-electron chi connectivity index (χ2n) is 35.3. The van der Waals surface area contributed by atoms with Crippen LogP contribution in [0, 0.1) is 6.92 Å². The van der Waals surface area contributed by atoms with E-state index >= 15 is 0 Å². The molecule has 23 rings (SSSR count). The third kappa shape index (κ3) is 16.3. The lowest BCUT2D eigenvalue weighted by Gasteiger charge is -2.28. The van der Waals surface area contributed by atoms with Gasteiger partial charge in [0.15, 0.2) is 0 Å². The molecular weight excluding hydrogens is 1680 g/mol. The predicted octanol–water partition coefficient (Wildman–Crippen LogP) is 28.5. The van der Waals surface area contributed by atoms with Gasteiger partial charge in [0.05, 0.1) is 18.5 Å². The molecule has 13 aromatic carbocycles. The molecular formula is C113H103Br2N5O6. The van der Waals surface area contributed by atoms with Crippen molar-refractivity contribution in [2.45, 2.75) is 169 Å². The smallest absolute Gasteiger partial charge is 0.150 e. The maximum absolute atomic E-state index is 11.4. The molecule has 10 aliphatic rings. The minimum Gasteiger partial charge on any atom is -0.495 e. The molecule has 0 saturated heterocycles. The Morgan fingerprint density at radius 1 is 0.317 bits per heavy atom. The van der Waals surface area contributed by atoms with Crippen molar-refractivity contribution in [3.63, 3.8) is 0 Å². The molecule has 0 N–H and O–H groups in total. The lowest BCUT2D eigenvalue weighted by Crippen LogP contribution is -2.26. The predicted molar refractivity (Wildman–Crippen MR) is 520 cm³/mol. The van der Waals surface area contributed by atoms with Gasteiger partial charge in [0.1, 0.15) is 37.2 Å². The lowest BCUT2D eigenvalue weighted by molar-refractivity contribution is 0.111. The highest BCUT2D eigenvalue weighted by molar-refractivity contribution is 9.10. The number of benzene rings is 13. The van der Waals surface area contributed by atoms with E-state index in [1.807, 2.05) is 36.4 Å². The molecule has 5 heterocycles. The van der Waals surface area contributed by atoms with Crippen LogP contribution in [0.4, 0.5) is 56.9 Å². The summed E-state index contributed by atoms with van der Waals surface area (Å²) in [5.41, 5.74) is 31.7. The van der Waals surface area contributed by atoms with Crippen molar-refractivity contribution in [2.75, 3.05) is 31.6 Å². The summed E-state index contributed by atoms with van der Waals surface area (Å²) in [4.78, 5) is 68.6. The van der Waals surface area contributed by atoms with Crippen LogP contribution in [0.3, 0.4) is 0 Å². The number of rotatable bonds is 16. The van der Waals surface area contributed by atoms with Crippen molar-refractivity contribution < 1.29 is 28.7 Å². The monoisotopic (exact) mass is 1780 g/mol. The van der Waals surface area contributed by atoms with Crippen LogP contribution >= 0.6 is 31.9 Å². The molecule has 0 aromatic heterocycles. The Morgan fingerprint density at radius 3 is 1.10 bits per heavy atom. The molecule has 5 aliphatic heterocycles. The summed E-state index contributed by atoms with van der Waals surface area (Å²) in [5.74, 6) is 3.51. The summed E-state index contributed by atoms with van der Waals surface area (Å²) in [6.45, 7) is 2.13. The Labute approximate surface area is 757 Å². The second-order valence-corrected chi connectivity index (χ2v) is 37.1. The third-order valence-corrected chi connectivity index (χ3v) is 29.3. The van der Waals surface area contributed by atoms with Gasteiger partial charge in [-0.3, -0.25) is 24.0 Å². The quantitative estimate of drug-likeness (QED) is 0.0681. The number of aldehydes is 5. The molecule has 5 aliphatic carbocycles. The molecule has 126 heavy (non-hydrogen) atoms. The molecule has 10 atom stereocenters. The van der Waals surface area contributed by atoms with E-state index in [0.29, 0.717) is 65.4 Å². The average Bonchev–Trinajstić information content (AvgIpc) is 1.63. The van der Waals surface area contributed by atoms with Gasteiger partial charge < -0.3 is 29.2 Å². The van der Waals surface area contributed by atoms with Crippen LogP contribution < -0.4 is 29.2 Å². The second kappa shape index (κ2) is 37.1. The first-order valence-electron chi connectivity index (χ1n) is 45.1. The number of methoxy groups -OCH3 is 1. The van der Waals surface area contributed by atoms with Gasteiger partial charge in [0, 0.05) is 142 Å². The summed E-state index contributed by atoms with van der Waals surface area (Å²) in [7, 11) is 1.68. The van der Waals surface area contributed by atoms with Crippen LogP contribution in [0.5, 0.6) is 5.75 Å². The van der Waals surface area contributed by atoms with Crippen molar-refractivity contribution in [3.8, 4) is 5.75 Å².